The molecule has 5 aliphatic rings. The second-order valence-electron chi connectivity index (χ2n) is 14.2. The van der Waals surface area contributed by atoms with Crippen molar-refractivity contribution < 1.29 is 14.4 Å². The van der Waals surface area contributed by atoms with Crippen LogP contribution in [0.4, 0.5) is 4.79 Å². The summed E-state index contributed by atoms with van der Waals surface area (Å²) in [5.74, 6) is 2.82. The normalized spacial score (nSPS) is 40.9. The highest BCUT2D eigenvalue weighted by molar-refractivity contribution is 5.91. The molecule has 0 aromatic heterocycles. The summed E-state index contributed by atoms with van der Waals surface area (Å²) in [6.45, 7) is 15.8. The predicted octanol–water partition coefficient (Wildman–Crippen LogP) is 6.36. The van der Waals surface area contributed by atoms with E-state index in [-0.39, 0.29) is 22.3 Å². The molecule has 1 N–H and O–H groups in total. The van der Waals surface area contributed by atoms with Crippen LogP contribution in [0.1, 0.15) is 99.3 Å². The average molecular weight is 512 g/mol. The molecule has 1 saturated heterocycles. The Morgan fingerprint density at radius 2 is 1.89 bits per heavy atom. The van der Waals surface area contributed by atoms with Gasteiger partial charge in [-0.1, -0.05) is 38.4 Å². The van der Waals surface area contributed by atoms with E-state index in [2.05, 4.69) is 45.1 Å². The van der Waals surface area contributed by atoms with Crippen LogP contribution in [0.5, 0.6) is 0 Å². The highest BCUT2D eigenvalue weighted by Crippen LogP contribution is 2.66. The molecule has 37 heavy (non-hydrogen) atoms. The minimum absolute atomic E-state index is 0.210. The molecule has 1 heterocycles. The van der Waals surface area contributed by atoms with Crippen LogP contribution >= 0.6 is 0 Å². The molecule has 0 radical (unpaired) electrons. The van der Waals surface area contributed by atoms with Gasteiger partial charge in [-0.3, -0.25) is 9.63 Å². The summed E-state index contributed by atoms with van der Waals surface area (Å²) in [7, 11) is 0. The van der Waals surface area contributed by atoms with Crippen LogP contribution in [0, 0.1) is 39.9 Å². The minimum Gasteiger partial charge on any atom is -0.312 e. The van der Waals surface area contributed by atoms with Crippen LogP contribution in [-0.2, 0) is 9.63 Å². The van der Waals surface area contributed by atoms with Crippen molar-refractivity contribution >= 4 is 17.6 Å². The summed E-state index contributed by atoms with van der Waals surface area (Å²) in [5.41, 5.74) is 3.12. The van der Waals surface area contributed by atoms with Crippen molar-refractivity contribution in [3.8, 4) is 0 Å². The minimum atomic E-state index is -0.330. The van der Waals surface area contributed by atoms with Crippen LogP contribution in [0.3, 0.4) is 0 Å². The Balaban J connectivity index is 1.24. The van der Waals surface area contributed by atoms with E-state index in [4.69, 9.17) is 4.84 Å². The molecule has 4 fully saturated rings. The predicted molar refractivity (Wildman–Crippen MR) is 147 cm³/mol. The number of allylic oxidation sites excluding steroid dienone is 1. The monoisotopic (exact) mass is 511 g/mol. The second kappa shape index (κ2) is 9.81. The molecule has 6 heteroatoms. The summed E-state index contributed by atoms with van der Waals surface area (Å²) in [6, 6.07) is 0.312. The Morgan fingerprint density at radius 1 is 1.11 bits per heavy atom. The molecule has 0 bridgehead atoms. The molecule has 206 valence electrons. The highest BCUT2D eigenvalue weighted by atomic mass is 16.7. The molecular weight excluding hydrogens is 462 g/mol. The van der Waals surface area contributed by atoms with Crippen molar-refractivity contribution in [3.63, 3.8) is 0 Å². The van der Waals surface area contributed by atoms with Gasteiger partial charge in [0.05, 0.1) is 5.71 Å². The third-order valence-electron chi connectivity index (χ3n) is 11.5. The summed E-state index contributed by atoms with van der Waals surface area (Å²) >= 11 is 0. The maximum Gasteiger partial charge on any atom is 0.436 e. The number of hydrogen-bond donors (Lipinski definition) is 1. The smallest absolute Gasteiger partial charge is 0.312 e. The fourth-order valence-electron chi connectivity index (χ4n) is 9.44. The van der Waals surface area contributed by atoms with Gasteiger partial charge < -0.3 is 10.2 Å². The maximum absolute atomic E-state index is 12.9. The van der Waals surface area contributed by atoms with E-state index in [1.165, 1.54) is 31.3 Å². The van der Waals surface area contributed by atoms with Gasteiger partial charge in [-0.2, -0.15) is 0 Å². The van der Waals surface area contributed by atoms with Crippen LogP contribution in [0.25, 0.3) is 0 Å². The Morgan fingerprint density at radius 3 is 2.59 bits per heavy atom. The van der Waals surface area contributed by atoms with E-state index < -0.39 is 0 Å². The van der Waals surface area contributed by atoms with Gasteiger partial charge in [0.1, 0.15) is 0 Å². The molecule has 0 spiro atoms. The summed E-state index contributed by atoms with van der Waals surface area (Å²) in [6.07, 6.45) is 11.6. The SMILES string of the molecule is CCN(CC1CC(C)(C)CN1)C(=O)O/N=C(\C)[C@H]1CC[C@H]2[C@@H]3CCC4=CC(=O)CC[C@]4(C)[C@H]3CC[C@]12C. The number of ketones is 1. The van der Waals surface area contributed by atoms with Gasteiger partial charge in [-0.25, -0.2) is 4.79 Å². The van der Waals surface area contributed by atoms with E-state index in [1.54, 1.807) is 4.90 Å². The Bertz CT molecular complexity index is 986. The van der Waals surface area contributed by atoms with Gasteiger partial charge in [0, 0.05) is 38.0 Å². The van der Waals surface area contributed by atoms with Crippen molar-refractivity contribution in [1.82, 2.24) is 10.2 Å². The average Bonchev–Trinajstić information content (AvgIpc) is 3.39. The third-order valence-corrected chi connectivity index (χ3v) is 11.5. The Hall–Kier alpha value is -1.69. The topological polar surface area (TPSA) is 71.0 Å². The van der Waals surface area contributed by atoms with E-state index in [0.29, 0.717) is 49.1 Å². The lowest BCUT2D eigenvalue weighted by molar-refractivity contribution is -0.117. The largest absolute Gasteiger partial charge is 0.436 e. The van der Waals surface area contributed by atoms with Crippen molar-refractivity contribution in [2.75, 3.05) is 19.6 Å². The second-order valence-corrected chi connectivity index (χ2v) is 14.2. The first kappa shape index (κ1) is 26.9. The molecule has 0 aromatic rings. The lowest BCUT2D eigenvalue weighted by Crippen LogP contribution is -2.51. The number of nitrogens with one attached hydrogen (secondary N) is 1. The van der Waals surface area contributed by atoms with Gasteiger partial charge in [-0.15, -0.1) is 0 Å². The molecule has 5 rings (SSSR count). The molecule has 7 atom stereocenters. The molecule has 4 aliphatic carbocycles. The van der Waals surface area contributed by atoms with E-state index >= 15 is 0 Å². The first-order chi connectivity index (χ1) is 17.5. The van der Waals surface area contributed by atoms with Gasteiger partial charge >= 0.3 is 6.09 Å². The van der Waals surface area contributed by atoms with Crippen molar-refractivity contribution in [3.05, 3.63) is 11.6 Å². The van der Waals surface area contributed by atoms with E-state index in [9.17, 15) is 9.59 Å². The number of fused-ring (bicyclic) bond motifs is 5. The molecule has 3 saturated carbocycles. The lowest BCUT2D eigenvalue weighted by Gasteiger charge is -2.58. The quantitative estimate of drug-likeness (QED) is 0.265. The molecular formula is C31H49N3O3. The van der Waals surface area contributed by atoms with Crippen LogP contribution < -0.4 is 5.32 Å². The van der Waals surface area contributed by atoms with Crippen molar-refractivity contribution in [1.29, 1.82) is 0 Å². The molecule has 6 nitrogen and oxygen atoms in total. The van der Waals surface area contributed by atoms with Crippen LogP contribution in [0.2, 0.25) is 0 Å². The first-order valence-corrected chi connectivity index (χ1v) is 14.9. The van der Waals surface area contributed by atoms with Gasteiger partial charge in [0.25, 0.3) is 0 Å². The number of likely N-dealkylation sites (N-methyl/N-ethyl adjacent to an activating group) is 1. The van der Waals surface area contributed by atoms with Crippen LogP contribution in [-0.4, -0.2) is 48.2 Å². The number of oxime groups is 1. The summed E-state index contributed by atoms with van der Waals surface area (Å²) in [5, 5.41) is 8.02. The zero-order valence-electron chi connectivity index (χ0n) is 24.1. The molecule has 1 aliphatic heterocycles. The number of carbonyl (C=O) groups excluding carboxylic acids is 2. The van der Waals surface area contributed by atoms with Crippen LogP contribution in [0.15, 0.2) is 16.8 Å². The fourth-order valence-corrected chi connectivity index (χ4v) is 9.44. The summed E-state index contributed by atoms with van der Waals surface area (Å²) < 4.78 is 0. The first-order valence-electron chi connectivity index (χ1n) is 14.9. The van der Waals surface area contributed by atoms with Gasteiger partial charge in [0.15, 0.2) is 5.78 Å². The third kappa shape index (κ3) is 4.81. The number of carbonyl (C=O) groups is 2. The Kier molecular flexibility index (Phi) is 7.13. The summed E-state index contributed by atoms with van der Waals surface area (Å²) in [4.78, 5) is 32.4. The Labute approximate surface area is 224 Å². The van der Waals surface area contributed by atoms with E-state index in [1.807, 2.05) is 13.0 Å². The number of rotatable bonds is 5. The number of nitrogens with zero attached hydrogens (tertiary/aromatic N) is 2. The van der Waals surface area contributed by atoms with Crippen molar-refractivity contribution in [2.24, 2.45) is 45.1 Å². The number of amides is 1. The van der Waals surface area contributed by atoms with Gasteiger partial charge in [-0.05, 0) is 105 Å². The standard InChI is InChI=1S/C31H49N3O3/c1-7-34(18-22-17-29(3,4)19-32-22)28(36)37-33-20(2)25-10-11-26-24-9-8-21-16-23(35)12-14-30(21,5)27(24)13-15-31(25,26)6/h16,22,24-27,32H,7-15,17-19H2,1-6H3/b33-20+/t22?,24-,25+,26-,27-,30-,31+/m0/s1. The molecule has 1 unspecified atom stereocenters. The number of hydrogen-bond acceptors (Lipinski definition) is 5. The van der Waals surface area contributed by atoms with Crippen molar-refractivity contribution in [2.45, 2.75) is 105 Å². The lowest BCUT2D eigenvalue weighted by atomic mass is 9.46. The highest BCUT2D eigenvalue weighted by Gasteiger charge is 2.59. The van der Waals surface area contributed by atoms with E-state index in [0.717, 1.165) is 43.9 Å². The van der Waals surface area contributed by atoms with Gasteiger partial charge in [0.2, 0.25) is 0 Å². The maximum atomic E-state index is 12.9. The zero-order valence-corrected chi connectivity index (χ0v) is 24.1. The fraction of sp³-hybridized carbons (Fsp3) is 0.839. The zero-order chi connectivity index (χ0) is 26.6. The molecule has 0 aromatic carbocycles. The molecule has 1 amide bonds.